The van der Waals surface area contributed by atoms with Crippen LogP contribution in [0.5, 0.6) is 0 Å². The predicted octanol–water partition coefficient (Wildman–Crippen LogP) is 6.21. The maximum atomic E-state index is 3.56. The molecule has 18 heavy (non-hydrogen) atoms. The molecule has 1 nitrogen and oxygen atoms in total. The lowest BCUT2D eigenvalue weighted by Gasteiger charge is -2.30. The third-order valence-electron chi connectivity index (χ3n) is 2.87. The van der Waals surface area contributed by atoms with Crippen molar-refractivity contribution in [1.29, 1.82) is 0 Å². The lowest BCUT2D eigenvalue weighted by Crippen LogP contribution is -2.14. The van der Waals surface area contributed by atoms with E-state index < -0.39 is 0 Å². The molecular formula is C13H8Br3NS. The molecule has 1 aliphatic heterocycles. The highest BCUT2D eigenvalue weighted by Gasteiger charge is 2.21. The lowest BCUT2D eigenvalue weighted by molar-refractivity contribution is 1.10. The lowest BCUT2D eigenvalue weighted by atomic mass is 10.2. The fourth-order valence-electron chi connectivity index (χ4n) is 1.96. The maximum absolute atomic E-state index is 3.56. The van der Waals surface area contributed by atoms with Crippen LogP contribution in [-0.2, 0) is 0 Å². The Kier molecular flexibility index (Phi) is 3.51. The van der Waals surface area contributed by atoms with Gasteiger partial charge in [0.25, 0.3) is 0 Å². The van der Waals surface area contributed by atoms with Crippen LogP contribution in [0.1, 0.15) is 0 Å². The average Bonchev–Trinajstić information content (AvgIpc) is 2.32. The maximum Gasteiger partial charge on any atom is 0.0562 e. The minimum Gasteiger partial charge on any atom is -0.343 e. The van der Waals surface area contributed by atoms with Gasteiger partial charge in [0.05, 0.1) is 11.4 Å². The number of hydrogen-bond donors (Lipinski definition) is 0. The van der Waals surface area contributed by atoms with E-state index in [2.05, 4.69) is 90.1 Å². The van der Waals surface area contributed by atoms with Gasteiger partial charge in [-0.3, -0.25) is 0 Å². The number of halogens is 3. The second-order valence-electron chi connectivity index (χ2n) is 4.01. The predicted molar refractivity (Wildman–Crippen MR) is 88.2 cm³/mol. The van der Waals surface area contributed by atoms with Crippen LogP contribution in [0.4, 0.5) is 11.4 Å². The van der Waals surface area contributed by atoms with E-state index in [0.29, 0.717) is 0 Å². The van der Waals surface area contributed by atoms with Crippen molar-refractivity contribution in [2.45, 2.75) is 9.79 Å². The van der Waals surface area contributed by atoms with E-state index in [4.69, 9.17) is 0 Å². The summed E-state index contributed by atoms with van der Waals surface area (Å²) in [6.07, 6.45) is 0. The molecule has 3 rings (SSSR count). The molecule has 1 aliphatic rings. The molecule has 2 aromatic rings. The molecule has 0 spiro atoms. The number of nitrogens with zero attached hydrogens (tertiary/aromatic N) is 1. The summed E-state index contributed by atoms with van der Waals surface area (Å²) < 4.78 is 3.27. The Labute approximate surface area is 135 Å². The molecule has 0 bridgehead atoms. The highest BCUT2D eigenvalue weighted by atomic mass is 79.9. The Hall–Kier alpha value is 0.0300. The summed E-state index contributed by atoms with van der Waals surface area (Å²) in [7, 11) is 2.10. The van der Waals surface area contributed by atoms with E-state index in [1.807, 2.05) is 0 Å². The van der Waals surface area contributed by atoms with Crippen LogP contribution in [0.15, 0.2) is 53.5 Å². The molecule has 5 heteroatoms. The van der Waals surface area contributed by atoms with Gasteiger partial charge in [-0.15, -0.1) is 0 Å². The van der Waals surface area contributed by atoms with Crippen molar-refractivity contribution >= 4 is 70.9 Å². The third kappa shape index (κ3) is 2.15. The van der Waals surface area contributed by atoms with Gasteiger partial charge in [-0.25, -0.2) is 0 Å². The molecule has 0 saturated heterocycles. The average molecular weight is 450 g/mol. The zero-order chi connectivity index (χ0) is 12.9. The highest BCUT2D eigenvalue weighted by Crippen LogP contribution is 2.50. The van der Waals surface area contributed by atoms with E-state index in [9.17, 15) is 0 Å². The second-order valence-corrected chi connectivity index (χ2v) is 7.72. The fourth-order valence-corrected chi connectivity index (χ4v) is 4.51. The Balaban J connectivity index is 2.18. The minimum atomic E-state index is 1.08. The summed E-state index contributed by atoms with van der Waals surface area (Å²) >= 11 is 12.5. The molecule has 0 radical (unpaired) electrons. The summed E-state index contributed by atoms with van der Waals surface area (Å²) in [4.78, 5) is 4.76. The number of rotatable bonds is 0. The first kappa shape index (κ1) is 13.0. The van der Waals surface area contributed by atoms with Gasteiger partial charge in [-0.2, -0.15) is 0 Å². The number of anilines is 2. The van der Waals surface area contributed by atoms with E-state index >= 15 is 0 Å². The summed E-state index contributed by atoms with van der Waals surface area (Å²) in [5.41, 5.74) is 2.47. The molecule has 1 heterocycles. The smallest absolute Gasteiger partial charge is 0.0562 e. The summed E-state index contributed by atoms with van der Waals surface area (Å²) in [5, 5.41) is 0. The molecule has 0 aromatic heterocycles. The van der Waals surface area contributed by atoms with Crippen molar-refractivity contribution in [3.8, 4) is 0 Å². The number of benzene rings is 2. The van der Waals surface area contributed by atoms with Crippen molar-refractivity contribution in [3.05, 3.63) is 43.7 Å². The first-order valence-corrected chi connectivity index (χ1v) is 8.46. The van der Waals surface area contributed by atoms with Crippen LogP contribution in [0, 0.1) is 0 Å². The summed E-state index contributed by atoms with van der Waals surface area (Å²) in [6.45, 7) is 0. The third-order valence-corrected chi connectivity index (χ3v) is 6.30. The molecule has 0 amide bonds. The zero-order valence-electron chi connectivity index (χ0n) is 9.38. The number of hydrogen-bond acceptors (Lipinski definition) is 2. The van der Waals surface area contributed by atoms with Gasteiger partial charge in [0, 0.05) is 30.3 Å². The van der Waals surface area contributed by atoms with Crippen molar-refractivity contribution in [2.75, 3.05) is 11.9 Å². The molecule has 92 valence electrons. The normalized spacial score (nSPS) is 13.2. The van der Waals surface area contributed by atoms with Gasteiger partial charge in [0.15, 0.2) is 0 Å². The Morgan fingerprint density at radius 1 is 0.889 bits per heavy atom. The molecule has 2 aromatic carbocycles. The first-order valence-electron chi connectivity index (χ1n) is 5.26. The van der Waals surface area contributed by atoms with Crippen LogP contribution in [0.2, 0.25) is 0 Å². The van der Waals surface area contributed by atoms with Gasteiger partial charge in [0.2, 0.25) is 0 Å². The molecule has 0 atom stereocenters. The Morgan fingerprint density at radius 2 is 1.56 bits per heavy atom. The van der Waals surface area contributed by atoms with Crippen LogP contribution >= 0.6 is 59.6 Å². The van der Waals surface area contributed by atoms with E-state index in [-0.39, 0.29) is 0 Å². The van der Waals surface area contributed by atoms with Crippen molar-refractivity contribution < 1.29 is 0 Å². The summed E-state index contributed by atoms with van der Waals surface area (Å²) in [5.74, 6) is 0. The number of fused-ring (bicyclic) bond motifs is 2. The molecule has 0 aliphatic carbocycles. The topological polar surface area (TPSA) is 3.24 Å². The van der Waals surface area contributed by atoms with E-state index in [1.54, 1.807) is 11.8 Å². The Bertz CT molecular complexity index is 642. The van der Waals surface area contributed by atoms with Crippen LogP contribution in [-0.4, -0.2) is 7.05 Å². The SMILES string of the molecule is CN1c2ccc(Br)cc2Sc2cc(Br)c(Br)cc21. The summed E-state index contributed by atoms with van der Waals surface area (Å²) in [6, 6.07) is 10.7. The van der Waals surface area contributed by atoms with Gasteiger partial charge in [-0.1, -0.05) is 27.7 Å². The monoisotopic (exact) mass is 447 g/mol. The largest absolute Gasteiger partial charge is 0.343 e. The van der Waals surface area contributed by atoms with E-state index in [1.165, 1.54) is 21.2 Å². The molecule has 0 N–H and O–H groups in total. The molecule has 0 unspecified atom stereocenters. The highest BCUT2D eigenvalue weighted by molar-refractivity contribution is 9.13. The molecule has 0 saturated carbocycles. The first-order chi connectivity index (χ1) is 8.56. The second kappa shape index (κ2) is 4.85. The Morgan fingerprint density at radius 3 is 2.33 bits per heavy atom. The van der Waals surface area contributed by atoms with Gasteiger partial charge in [-0.05, 0) is 62.2 Å². The standard InChI is InChI=1S/C13H8Br3NS/c1-17-10-3-2-7(14)4-12(10)18-13-6-9(16)8(15)5-11(13)17/h2-6H,1H3. The minimum absolute atomic E-state index is 1.08. The quantitative estimate of drug-likeness (QED) is 0.470. The van der Waals surface area contributed by atoms with Crippen LogP contribution in [0.25, 0.3) is 0 Å². The molecular weight excluding hydrogens is 442 g/mol. The van der Waals surface area contributed by atoms with Gasteiger partial charge in [0.1, 0.15) is 0 Å². The van der Waals surface area contributed by atoms with E-state index in [0.717, 1.165) is 13.4 Å². The fraction of sp³-hybridized carbons (Fsp3) is 0.0769. The van der Waals surface area contributed by atoms with Gasteiger partial charge < -0.3 is 4.90 Å². The van der Waals surface area contributed by atoms with Crippen molar-refractivity contribution in [2.24, 2.45) is 0 Å². The van der Waals surface area contributed by atoms with Crippen molar-refractivity contribution in [1.82, 2.24) is 0 Å². The zero-order valence-corrected chi connectivity index (χ0v) is 15.0. The van der Waals surface area contributed by atoms with Crippen LogP contribution in [0.3, 0.4) is 0 Å². The molecule has 0 fully saturated rings. The van der Waals surface area contributed by atoms with Crippen LogP contribution < -0.4 is 4.90 Å². The van der Waals surface area contributed by atoms with Gasteiger partial charge >= 0.3 is 0 Å². The van der Waals surface area contributed by atoms with Crippen molar-refractivity contribution in [3.63, 3.8) is 0 Å².